The molecule has 1 amide bonds. The van der Waals surface area contributed by atoms with Crippen molar-refractivity contribution in [2.24, 2.45) is 5.16 Å². The van der Waals surface area contributed by atoms with Crippen molar-refractivity contribution in [3.05, 3.63) is 64.4 Å². The first-order chi connectivity index (χ1) is 11.5. The minimum atomic E-state index is -1.09. The molecule has 0 spiro atoms. The lowest BCUT2D eigenvalue weighted by Gasteiger charge is -2.10. The molecule has 4 nitrogen and oxygen atoms in total. The number of nitrogens with one attached hydrogen (secondary N) is 1. The lowest BCUT2D eigenvalue weighted by Crippen LogP contribution is -2.28. The molecular weight excluding hydrogens is 345 g/mol. The number of hydrogen-bond acceptors (Lipinski definition) is 3. The van der Waals surface area contributed by atoms with E-state index in [4.69, 9.17) is 16.4 Å². The number of halogens is 4. The molecular formula is C16H10ClF3N2O2. The number of carbonyl (C=O) groups excluding carboxylic acids is 1. The molecule has 1 N–H and O–H groups in total. The SMILES string of the molecule is O=C(Nc1ccc(F)c(F)c1)C1CC(c2c(F)cccc2Cl)=NO1. The van der Waals surface area contributed by atoms with Crippen molar-refractivity contribution in [2.75, 3.05) is 5.32 Å². The summed E-state index contributed by atoms with van der Waals surface area (Å²) >= 11 is 5.94. The van der Waals surface area contributed by atoms with Gasteiger partial charge < -0.3 is 10.2 Å². The Bertz CT molecular complexity index is 822. The summed E-state index contributed by atoms with van der Waals surface area (Å²) in [6.07, 6.45) is -1.03. The van der Waals surface area contributed by atoms with Crippen LogP contribution in [-0.2, 0) is 9.63 Å². The van der Waals surface area contributed by atoms with E-state index in [-0.39, 0.29) is 28.4 Å². The Morgan fingerprint density at radius 1 is 1.17 bits per heavy atom. The first-order valence-electron chi connectivity index (χ1n) is 6.88. The Hall–Kier alpha value is -2.54. The molecule has 0 aromatic heterocycles. The van der Waals surface area contributed by atoms with Gasteiger partial charge in [-0.15, -0.1) is 0 Å². The standard InChI is InChI=1S/C16H10ClF3N2O2/c17-9-2-1-3-11(19)15(9)13-7-14(24-22-13)16(23)21-8-4-5-10(18)12(20)6-8/h1-6,14H,7H2,(H,21,23). The molecule has 2 aromatic carbocycles. The van der Waals surface area contributed by atoms with Crippen LogP contribution in [0.25, 0.3) is 0 Å². The number of amides is 1. The average Bonchev–Trinajstić information content (AvgIpc) is 3.00. The van der Waals surface area contributed by atoms with E-state index in [0.717, 1.165) is 12.1 Å². The second-order valence-electron chi connectivity index (χ2n) is 5.05. The Balaban J connectivity index is 1.70. The molecule has 124 valence electrons. The lowest BCUT2D eigenvalue weighted by atomic mass is 10.0. The summed E-state index contributed by atoms with van der Waals surface area (Å²) in [6, 6.07) is 7.11. The summed E-state index contributed by atoms with van der Waals surface area (Å²) in [4.78, 5) is 17.1. The fourth-order valence-corrected chi connectivity index (χ4v) is 2.51. The first-order valence-corrected chi connectivity index (χ1v) is 7.26. The number of anilines is 1. The average molecular weight is 355 g/mol. The van der Waals surface area contributed by atoms with Crippen LogP contribution in [-0.4, -0.2) is 17.7 Å². The van der Waals surface area contributed by atoms with Gasteiger partial charge >= 0.3 is 0 Å². The molecule has 1 heterocycles. The third-order valence-corrected chi connectivity index (χ3v) is 3.71. The molecule has 1 atom stereocenters. The molecule has 0 saturated heterocycles. The predicted molar refractivity (Wildman–Crippen MR) is 82.4 cm³/mol. The monoisotopic (exact) mass is 354 g/mol. The molecule has 0 aliphatic carbocycles. The summed E-state index contributed by atoms with van der Waals surface area (Å²) in [7, 11) is 0. The fourth-order valence-electron chi connectivity index (χ4n) is 2.24. The number of rotatable bonds is 3. The summed E-state index contributed by atoms with van der Waals surface area (Å²) in [5.41, 5.74) is 0.339. The highest BCUT2D eigenvalue weighted by Crippen LogP contribution is 2.26. The first kappa shape index (κ1) is 16.3. The summed E-state index contributed by atoms with van der Waals surface area (Å²) in [6.45, 7) is 0. The molecule has 1 aliphatic rings. The van der Waals surface area contributed by atoms with Gasteiger partial charge in [-0.3, -0.25) is 4.79 Å². The van der Waals surface area contributed by atoms with E-state index >= 15 is 0 Å². The van der Waals surface area contributed by atoms with Crippen molar-refractivity contribution in [3.8, 4) is 0 Å². The maximum Gasteiger partial charge on any atom is 0.268 e. The largest absolute Gasteiger partial charge is 0.382 e. The lowest BCUT2D eigenvalue weighted by molar-refractivity contribution is -0.125. The maximum absolute atomic E-state index is 13.9. The van der Waals surface area contributed by atoms with Crippen molar-refractivity contribution in [1.29, 1.82) is 0 Å². The number of hydrogen-bond donors (Lipinski definition) is 1. The smallest absolute Gasteiger partial charge is 0.268 e. The normalized spacial score (nSPS) is 16.5. The Kier molecular flexibility index (Phi) is 4.44. The minimum Gasteiger partial charge on any atom is -0.382 e. The fraction of sp³-hybridized carbons (Fsp3) is 0.125. The number of nitrogens with zero attached hydrogens (tertiary/aromatic N) is 1. The van der Waals surface area contributed by atoms with Crippen LogP contribution in [0, 0.1) is 17.5 Å². The summed E-state index contributed by atoms with van der Waals surface area (Å²) in [5, 5.41) is 6.24. The zero-order valence-corrected chi connectivity index (χ0v) is 12.8. The van der Waals surface area contributed by atoms with Crippen LogP contribution in [0.5, 0.6) is 0 Å². The Morgan fingerprint density at radius 3 is 2.67 bits per heavy atom. The van der Waals surface area contributed by atoms with E-state index < -0.39 is 29.5 Å². The summed E-state index contributed by atoms with van der Waals surface area (Å²) in [5.74, 6) is -3.31. The second-order valence-corrected chi connectivity index (χ2v) is 5.46. The molecule has 8 heteroatoms. The highest BCUT2D eigenvalue weighted by molar-refractivity contribution is 6.34. The van der Waals surface area contributed by atoms with Gasteiger partial charge in [0, 0.05) is 18.2 Å². The van der Waals surface area contributed by atoms with Gasteiger partial charge in [-0.25, -0.2) is 13.2 Å². The van der Waals surface area contributed by atoms with E-state index in [0.29, 0.717) is 0 Å². The highest BCUT2D eigenvalue weighted by Gasteiger charge is 2.31. The van der Waals surface area contributed by atoms with Crippen molar-refractivity contribution < 1.29 is 22.8 Å². The van der Waals surface area contributed by atoms with Crippen molar-refractivity contribution >= 4 is 28.9 Å². The van der Waals surface area contributed by atoms with Crippen LogP contribution in [0.2, 0.25) is 5.02 Å². The van der Waals surface area contributed by atoms with Gasteiger partial charge in [-0.2, -0.15) is 0 Å². The van der Waals surface area contributed by atoms with Gasteiger partial charge in [0.05, 0.1) is 16.3 Å². The number of benzene rings is 2. The van der Waals surface area contributed by atoms with Gasteiger partial charge in [0.2, 0.25) is 6.10 Å². The minimum absolute atomic E-state index is 0.00381. The molecule has 3 rings (SSSR count). The number of carbonyl (C=O) groups is 1. The van der Waals surface area contributed by atoms with Crippen LogP contribution in [0.3, 0.4) is 0 Å². The quantitative estimate of drug-likeness (QED) is 0.909. The van der Waals surface area contributed by atoms with Gasteiger partial charge in [0.25, 0.3) is 5.91 Å². The third-order valence-electron chi connectivity index (χ3n) is 3.40. The van der Waals surface area contributed by atoms with E-state index in [1.807, 2.05) is 0 Å². The number of oxime groups is 1. The zero-order chi connectivity index (χ0) is 17.3. The van der Waals surface area contributed by atoms with Crippen LogP contribution >= 0.6 is 11.6 Å². The van der Waals surface area contributed by atoms with E-state index in [2.05, 4.69) is 10.5 Å². The van der Waals surface area contributed by atoms with Crippen LogP contribution in [0.15, 0.2) is 41.6 Å². The van der Waals surface area contributed by atoms with Gasteiger partial charge in [-0.1, -0.05) is 22.8 Å². The highest BCUT2D eigenvalue weighted by atomic mass is 35.5. The molecule has 0 bridgehead atoms. The van der Waals surface area contributed by atoms with Crippen molar-refractivity contribution in [1.82, 2.24) is 0 Å². The van der Waals surface area contributed by atoms with Crippen LogP contribution in [0.4, 0.5) is 18.9 Å². The molecule has 0 saturated carbocycles. The second kappa shape index (κ2) is 6.52. The molecule has 2 aromatic rings. The molecule has 0 fully saturated rings. The van der Waals surface area contributed by atoms with Crippen molar-refractivity contribution in [2.45, 2.75) is 12.5 Å². The van der Waals surface area contributed by atoms with E-state index in [1.54, 1.807) is 0 Å². The predicted octanol–water partition coefficient (Wildman–Crippen LogP) is 3.89. The molecule has 24 heavy (non-hydrogen) atoms. The Labute approximate surface area is 139 Å². The zero-order valence-electron chi connectivity index (χ0n) is 12.0. The third kappa shape index (κ3) is 3.21. The van der Waals surface area contributed by atoms with E-state index in [9.17, 15) is 18.0 Å². The molecule has 1 unspecified atom stereocenters. The molecule has 0 radical (unpaired) electrons. The van der Waals surface area contributed by atoms with E-state index in [1.165, 1.54) is 24.3 Å². The van der Waals surface area contributed by atoms with Gasteiger partial charge in [0.1, 0.15) is 5.82 Å². The van der Waals surface area contributed by atoms with Gasteiger partial charge in [-0.05, 0) is 24.3 Å². The topological polar surface area (TPSA) is 50.7 Å². The maximum atomic E-state index is 13.9. The Morgan fingerprint density at radius 2 is 1.96 bits per heavy atom. The van der Waals surface area contributed by atoms with Gasteiger partial charge in [0.15, 0.2) is 11.6 Å². The van der Waals surface area contributed by atoms with Crippen LogP contribution in [0.1, 0.15) is 12.0 Å². The van der Waals surface area contributed by atoms with Crippen molar-refractivity contribution in [3.63, 3.8) is 0 Å². The van der Waals surface area contributed by atoms with Crippen LogP contribution < -0.4 is 5.32 Å². The molecule has 1 aliphatic heterocycles. The summed E-state index contributed by atoms with van der Waals surface area (Å²) < 4.78 is 39.9.